The average molecular weight is 388 g/mol. The number of hydrogen-bond donors (Lipinski definition) is 0. The van der Waals surface area contributed by atoms with Crippen LogP contribution in [0.3, 0.4) is 0 Å². The Hall–Kier alpha value is 4.36. The van der Waals surface area contributed by atoms with Crippen molar-refractivity contribution < 1.29 is 134 Å². The van der Waals surface area contributed by atoms with Gasteiger partial charge in [0.1, 0.15) is 0 Å². The third-order valence-corrected chi connectivity index (χ3v) is 0. The molecule has 0 saturated carbocycles. The molecule has 0 aromatic heterocycles. The summed E-state index contributed by atoms with van der Waals surface area (Å²) in [4.78, 5) is 0. The fourth-order valence-corrected chi connectivity index (χ4v) is 0. The van der Waals surface area contributed by atoms with Crippen molar-refractivity contribution in [3.8, 4) is 0 Å². The molecule has 0 saturated heterocycles. The van der Waals surface area contributed by atoms with Crippen molar-refractivity contribution in [3.05, 3.63) is 0 Å². The standard InChI is InChI=1S/Ce.Mn.Ni.Sc.Y. The van der Waals surface area contributed by atoms with E-state index in [9.17, 15) is 0 Å². The van der Waals surface area contributed by atoms with E-state index in [1.807, 2.05) is 0 Å². The van der Waals surface area contributed by atoms with Crippen LogP contribution < -0.4 is 0 Å². The Morgan fingerprint density at radius 1 is 1.00 bits per heavy atom. The van der Waals surface area contributed by atoms with Gasteiger partial charge in [0.15, 0.2) is 0 Å². The SMILES string of the molecule is [Ce].[Mn].[Ni].[Sc].[Y]. The maximum absolute atomic E-state index is 0. The van der Waals surface area contributed by atoms with E-state index in [-0.39, 0.29) is 134 Å². The van der Waals surface area contributed by atoms with E-state index in [0.717, 1.165) is 0 Å². The topological polar surface area (TPSA) is 0 Å². The van der Waals surface area contributed by atoms with Crippen LogP contribution in [0.25, 0.3) is 0 Å². The summed E-state index contributed by atoms with van der Waals surface area (Å²) in [6, 6.07) is 0. The molecule has 0 atom stereocenters. The van der Waals surface area contributed by atoms with Crippen LogP contribution in [0.1, 0.15) is 0 Å². The van der Waals surface area contributed by atoms with Crippen molar-refractivity contribution in [2.45, 2.75) is 0 Å². The van der Waals surface area contributed by atoms with Crippen molar-refractivity contribution >= 4 is 0 Å². The maximum Gasteiger partial charge on any atom is 0 e. The first kappa shape index (κ1) is 34.4. The summed E-state index contributed by atoms with van der Waals surface area (Å²) in [5.41, 5.74) is 0. The van der Waals surface area contributed by atoms with Gasteiger partial charge >= 0.3 is 0 Å². The van der Waals surface area contributed by atoms with E-state index in [2.05, 4.69) is 0 Å². The maximum atomic E-state index is 0. The van der Waals surface area contributed by atoms with Gasteiger partial charge in [-0.25, -0.2) is 0 Å². The van der Waals surface area contributed by atoms with Gasteiger partial charge in [-0.3, -0.25) is 0 Å². The summed E-state index contributed by atoms with van der Waals surface area (Å²) in [5, 5.41) is 0. The molecule has 0 N–H and O–H groups in total. The van der Waals surface area contributed by atoms with Crippen molar-refractivity contribution in [1.29, 1.82) is 0 Å². The van der Waals surface area contributed by atoms with E-state index in [4.69, 9.17) is 0 Å². The zero-order chi connectivity index (χ0) is 0. The Morgan fingerprint density at radius 2 is 1.00 bits per heavy atom. The molecule has 0 heterocycles. The van der Waals surface area contributed by atoms with Gasteiger partial charge in [0.2, 0.25) is 0 Å². The molecular formula is CeMnNiScY. The molecule has 27 valence electrons. The minimum atomic E-state index is 0. The van der Waals surface area contributed by atoms with E-state index >= 15 is 0 Å². The summed E-state index contributed by atoms with van der Waals surface area (Å²) >= 11 is 0. The van der Waals surface area contributed by atoms with Crippen LogP contribution in [0.2, 0.25) is 0 Å². The van der Waals surface area contributed by atoms with Crippen molar-refractivity contribution in [1.82, 2.24) is 0 Å². The van der Waals surface area contributed by atoms with Gasteiger partial charge in [0, 0.05) is 134 Å². The van der Waals surface area contributed by atoms with Gasteiger partial charge in [0.25, 0.3) is 0 Å². The number of rotatable bonds is 0. The predicted molar refractivity (Wildman–Crippen MR) is 0 cm³/mol. The van der Waals surface area contributed by atoms with Crippen molar-refractivity contribution in [2.75, 3.05) is 0 Å². The molecule has 0 nitrogen and oxygen atoms in total. The molecule has 5 heteroatoms. The smallest absolute Gasteiger partial charge is 0 e. The molecule has 0 aliphatic carbocycles. The Bertz CT molecular complexity index is 11.6. The zero-order valence-corrected chi connectivity index (χ0v) is 12.3. The second-order valence-corrected chi connectivity index (χ2v) is 0. The third kappa shape index (κ3) is 17.8. The summed E-state index contributed by atoms with van der Waals surface area (Å²) in [7, 11) is 0. The molecule has 0 aliphatic rings. The molecule has 0 aliphatic heterocycles. The minimum Gasteiger partial charge on any atom is 0 e. The fraction of sp³-hybridized carbons (Fsp3) is 0. The van der Waals surface area contributed by atoms with Crippen LogP contribution in [0, 0.1) is 41.7 Å². The molecule has 3 radical (unpaired) electrons. The molecule has 0 amide bonds. The molecule has 0 fully saturated rings. The molecule has 0 spiro atoms. The van der Waals surface area contributed by atoms with E-state index < -0.39 is 0 Å². The molecule has 0 unspecified atom stereocenters. The van der Waals surface area contributed by atoms with Crippen LogP contribution in [0.15, 0.2) is 0 Å². The van der Waals surface area contributed by atoms with Gasteiger partial charge in [0.05, 0.1) is 0 Å². The first-order chi connectivity index (χ1) is 0. The first-order valence-electron chi connectivity index (χ1n) is 0. The zero-order valence-electron chi connectivity index (χ0n) is 2.35. The molecule has 0 bridgehead atoms. The Morgan fingerprint density at radius 3 is 1.00 bits per heavy atom. The van der Waals surface area contributed by atoms with Crippen LogP contribution in [-0.2, 0) is 92.1 Å². The van der Waals surface area contributed by atoms with Crippen molar-refractivity contribution in [3.63, 3.8) is 0 Å². The van der Waals surface area contributed by atoms with Gasteiger partial charge in [-0.1, -0.05) is 0 Å². The van der Waals surface area contributed by atoms with Crippen LogP contribution in [0.5, 0.6) is 0 Å². The quantitative estimate of drug-likeness (QED) is 0.513. The monoisotopic (exact) mass is 387 g/mol. The van der Waals surface area contributed by atoms with Gasteiger partial charge in [-0.05, 0) is 0 Å². The Kier molecular flexibility index (Phi) is 164. The molecule has 0 rings (SSSR count). The third-order valence-electron chi connectivity index (χ3n) is 0. The van der Waals surface area contributed by atoms with Crippen molar-refractivity contribution in [2.24, 2.45) is 0 Å². The summed E-state index contributed by atoms with van der Waals surface area (Å²) in [6.45, 7) is 0. The molecule has 0 aromatic carbocycles. The van der Waals surface area contributed by atoms with E-state index in [0.29, 0.717) is 0 Å². The van der Waals surface area contributed by atoms with Gasteiger partial charge < -0.3 is 0 Å². The van der Waals surface area contributed by atoms with E-state index in [1.165, 1.54) is 0 Å². The molecular weight excluding hydrogens is 388 g/mol. The van der Waals surface area contributed by atoms with E-state index in [1.54, 1.807) is 0 Å². The van der Waals surface area contributed by atoms with Crippen LogP contribution in [-0.4, -0.2) is 0 Å². The van der Waals surface area contributed by atoms with Gasteiger partial charge in [-0.15, -0.1) is 0 Å². The minimum absolute atomic E-state index is 0. The first-order valence-corrected chi connectivity index (χ1v) is 0. The second-order valence-electron chi connectivity index (χ2n) is 0. The normalized spacial score (nSPS) is 0. The molecule has 0 aromatic rings. The van der Waals surface area contributed by atoms with Crippen LogP contribution >= 0.6 is 0 Å². The number of hydrogen-bond acceptors (Lipinski definition) is 0. The summed E-state index contributed by atoms with van der Waals surface area (Å²) in [5.74, 6) is 0. The van der Waals surface area contributed by atoms with Gasteiger partial charge in [-0.2, -0.15) is 0 Å². The summed E-state index contributed by atoms with van der Waals surface area (Å²) in [6.07, 6.45) is 0. The second kappa shape index (κ2) is 23.8. The molecule has 5 heavy (non-hydrogen) atoms. The Labute approximate surface area is 130 Å². The summed E-state index contributed by atoms with van der Waals surface area (Å²) < 4.78 is 0. The predicted octanol–water partition coefficient (Wildman–Crippen LogP) is -0.0100. The Balaban J connectivity index is 0. The average Bonchev–Trinajstić information content (AvgIpc) is 0. The van der Waals surface area contributed by atoms with Crippen LogP contribution in [0.4, 0.5) is 0 Å². The fourth-order valence-electron chi connectivity index (χ4n) is 0. The largest absolute Gasteiger partial charge is 0 e.